The fourth-order valence-electron chi connectivity index (χ4n) is 5.18. The Kier molecular flexibility index (Phi) is 5.35. The molecule has 2 aliphatic rings. The van der Waals surface area contributed by atoms with Crippen LogP contribution in [0, 0.1) is 5.92 Å². The van der Waals surface area contributed by atoms with E-state index in [1.807, 2.05) is 41.2 Å². The third-order valence-corrected chi connectivity index (χ3v) is 6.62. The summed E-state index contributed by atoms with van der Waals surface area (Å²) < 4.78 is 1.90. The Morgan fingerprint density at radius 3 is 2.67 bits per heavy atom. The van der Waals surface area contributed by atoms with E-state index in [2.05, 4.69) is 22.0 Å². The number of amides is 1. The van der Waals surface area contributed by atoms with Gasteiger partial charge in [0.15, 0.2) is 0 Å². The van der Waals surface area contributed by atoms with Gasteiger partial charge in [0.2, 0.25) is 0 Å². The van der Waals surface area contributed by atoms with Crippen LogP contribution in [-0.2, 0) is 6.54 Å². The van der Waals surface area contributed by atoms with Crippen LogP contribution in [0.2, 0.25) is 0 Å². The summed E-state index contributed by atoms with van der Waals surface area (Å²) in [6.45, 7) is 1.50. The number of benzene rings is 1. The maximum atomic E-state index is 13.8. The Morgan fingerprint density at radius 1 is 1.00 bits per heavy atom. The van der Waals surface area contributed by atoms with E-state index in [4.69, 9.17) is 5.10 Å². The van der Waals surface area contributed by atoms with Gasteiger partial charge >= 0.3 is 0 Å². The highest BCUT2D eigenvalue weighted by atomic mass is 16.2. The van der Waals surface area contributed by atoms with Gasteiger partial charge in [0.05, 0.1) is 12.1 Å². The van der Waals surface area contributed by atoms with Crippen LogP contribution in [0.4, 0.5) is 0 Å². The quantitative estimate of drug-likeness (QED) is 0.633. The molecule has 3 aromatic rings. The van der Waals surface area contributed by atoms with E-state index < -0.39 is 0 Å². The van der Waals surface area contributed by atoms with Crippen LogP contribution < -0.4 is 0 Å². The average molecular weight is 401 g/mol. The molecule has 0 bridgehead atoms. The van der Waals surface area contributed by atoms with E-state index in [0.29, 0.717) is 24.1 Å². The lowest BCUT2D eigenvalue weighted by Gasteiger charge is -2.44. The van der Waals surface area contributed by atoms with Crippen LogP contribution in [-0.4, -0.2) is 38.2 Å². The summed E-state index contributed by atoms with van der Waals surface area (Å²) in [4.78, 5) is 20.2. The van der Waals surface area contributed by atoms with Gasteiger partial charge in [-0.15, -0.1) is 0 Å². The molecule has 0 N–H and O–H groups in total. The molecule has 5 nitrogen and oxygen atoms in total. The van der Waals surface area contributed by atoms with E-state index in [9.17, 15) is 4.79 Å². The van der Waals surface area contributed by atoms with Gasteiger partial charge in [-0.2, -0.15) is 5.10 Å². The number of piperidine rings is 1. The molecule has 0 spiro atoms. The van der Waals surface area contributed by atoms with Crippen molar-refractivity contribution in [2.45, 2.75) is 51.1 Å². The minimum Gasteiger partial charge on any atom is -0.335 e. The zero-order valence-corrected chi connectivity index (χ0v) is 17.3. The second kappa shape index (κ2) is 8.42. The molecule has 0 unspecified atom stereocenters. The van der Waals surface area contributed by atoms with Crippen LogP contribution in [0.25, 0.3) is 11.3 Å². The third-order valence-electron chi connectivity index (χ3n) is 6.62. The molecule has 3 heterocycles. The molecule has 2 fully saturated rings. The fourth-order valence-corrected chi connectivity index (χ4v) is 5.18. The lowest BCUT2D eigenvalue weighted by atomic mass is 9.78. The largest absolute Gasteiger partial charge is 0.335 e. The molecular formula is C25H28N4O. The monoisotopic (exact) mass is 400 g/mol. The number of hydrogen-bond acceptors (Lipinski definition) is 3. The normalized spacial score (nSPS) is 21.3. The van der Waals surface area contributed by atoms with Crippen molar-refractivity contribution >= 4 is 5.91 Å². The maximum Gasteiger partial charge on any atom is 0.257 e. The number of likely N-dealkylation sites (tertiary alicyclic amines) is 1. The molecule has 1 saturated heterocycles. The molecule has 5 heteroatoms. The molecule has 2 aromatic heterocycles. The molecular weight excluding hydrogens is 372 g/mol. The van der Waals surface area contributed by atoms with Gasteiger partial charge in [-0.05, 0) is 49.3 Å². The molecule has 30 heavy (non-hydrogen) atoms. The summed E-state index contributed by atoms with van der Waals surface area (Å²) in [5, 5.41) is 4.82. The SMILES string of the molecule is O=C(c1cn(Cc2ccccc2)nc1-c1cccnc1)N1CCC[C@H]2CCCC[C@H]21. The lowest BCUT2D eigenvalue weighted by molar-refractivity contribution is 0.0391. The molecule has 1 aromatic carbocycles. The number of nitrogens with zero attached hydrogens (tertiary/aromatic N) is 4. The van der Waals surface area contributed by atoms with Gasteiger partial charge in [0.1, 0.15) is 5.69 Å². The average Bonchev–Trinajstić information content (AvgIpc) is 3.23. The Bertz CT molecular complexity index is 997. The van der Waals surface area contributed by atoms with Crippen molar-refractivity contribution in [2.24, 2.45) is 5.92 Å². The second-order valence-corrected chi connectivity index (χ2v) is 8.57. The van der Waals surface area contributed by atoms with Crippen LogP contribution >= 0.6 is 0 Å². The number of hydrogen-bond donors (Lipinski definition) is 0. The first-order chi connectivity index (χ1) is 14.8. The summed E-state index contributed by atoms with van der Waals surface area (Å²) >= 11 is 0. The molecule has 0 radical (unpaired) electrons. The summed E-state index contributed by atoms with van der Waals surface area (Å²) in [6.07, 6.45) is 12.8. The number of carbonyl (C=O) groups is 1. The van der Waals surface area contributed by atoms with Crippen LogP contribution in [0.3, 0.4) is 0 Å². The smallest absolute Gasteiger partial charge is 0.257 e. The Labute approximate surface area is 177 Å². The van der Waals surface area contributed by atoms with Crippen LogP contribution in [0.1, 0.15) is 54.4 Å². The molecule has 154 valence electrons. The first-order valence-electron chi connectivity index (χ1n) is 11.1. The second-order valence-electron chi connectivity index (χ2n) is 8.57. The van der Waals surface area contributed by atoms with Gasteiger partial charge in [0, 0.05) is 36.7 Å². The minimum absolute atomic E-state index is 0.129. The highest BCUT2D eigenvalue weighted by Crippen LogP contribution is 2.36. The van der Waals surface area contributed by atoms with E-state index in [1.165, 1.54) is 31.2 Å². The Morgan fingerprint density at radius 2 is 1.83 bits per heavy atom. The standard InChI is InChI=1S/C25H28N4O/c30-25(29-15-7-12-20-10-4-5-13-23(20)29)22-18-28(17-19-8-2-1-3-9-19)27-24(22)21-11-6-14-26-16-21/h1-3,6,8-9,11,14,16,18,20,23H,4-5,7,10,12-13,15,17H2/t20-,23-/m1/s1. The zero-order chi connectivity index (χ0) is 20.3. The summed E-state index contributed by atoms with van der Waals surface area (Å²) in [5.41, 5.74) is 3.50. The topological polar surface area (TPSA) is 51.0 Å². The Balaban J connectivity index is 1.50. The van der Waals surface area contributed by atoms with Crippen LogP contribution in [0.5, 0.6) is 0 Å². The van der Waals surface area contributed by atoms with E-state index in [1.54, 1.807) is 12.4 Å². The van der Waals surface area contributed by atoms with Crippen molar-refractivity contribution in [3.05, 3.63) is 72.2 Å². The molecule has 1 aliphatic carbocycles. The number of rotatable bonds is 4. The summed E-state index contributed by atoms with van der Waals surface area (Å²) in [6, 6.07) is 14.5. The number of fused-ring (bicyclic) bond motifs is 1. The van der Waals surface area contributed by atoms with Crippen molar-refractivity contribution < 1.29 is 4.79 Å². The predicted molar refractivity (Wildman–Crippen MR) is 117 cm³/mol. The van der Waals surface area contributed by atoms with Crippen molar-refractivity contribution in [3.8, 4) is 11.3 Å². The van der Waals surface area contributed by atoms with E-state index in [0.717, 1.165) is 30.6 Å². The highest BCUT2D eigenvalue weighted by molar-refractivity contribution is 6.00. The molecule has 5 rings (SSSR count). The first kappa shape index (κ1) is 19.0. The van der Waals surface area contributed by atoms with E-state index >= 15 is 0 Å². The van der Waals surface area contributed by atoms with Gasteiger partial charge in [-0.3, -0.25) is 14.5 Å². The zero-order valence-electron chi connectivity index (χ0n) is 17.3. The number of aromatic nitrogens is 3. The van der Waals surface area contributed by atoms with Gasteiger partial charge < -0.3 is 4.90 Å². The Hall–Kier alpha value is -2.95. The molecule has 1 amide bonds. The van der Waals surface area contributed by atoms with Crippen molar-refractivity contribution in [1.29, 1.82) is 0 Å². The number of carbonyl (C=O) groups excluding carboxylic acids is 1. The molecule has 1 saturated carbocycles. The van der Waals surface area contributed by atoms with Crippen molar-refractivity contribution in [2.75, 3.05) is 6.54 Å². The molecule has 2 atom stereocenters. The molecule has 1 aliphatic heterocycles. The third kappa shape index (κ3) is 3.76. The van der Waals surface area contributed by atoms with Gasteiger partial charge in [0.25, 0.3) is 5.91 Å². The fraction of sp³-hybridized carbons (Fsp3) is 0.400. The summed E-state index contributed by atoms with van der Waals surface area (Å²) in [7, 11) is 0. The summed E-state index contributed by atoms with van der Waals surface area (Å²) in [5.74, 6) is 0.794. The highest BCUT2D eigenvalue weighted by Gasteiger charge is 2.37. The van der Waals surface area contributed by atoms with Gasteiger partial charge in [-0.25, -0.2) is 0 Å². The first-order valence-corrected chi connectivity index (χ1v) is 11.1. The van der Waals surface area contributed by atoms with Gasteiger partial charge in [-0.1, -0.05) is 43.2 Å². The van der Waals surface area contributed by atoms with Crippen molar-refractivity contribution in [1.82, 2.24) is 19.7 Å². The van der Waals surface area contributed by atoms with E-state index in [-0.39, 0.29) is 5.91 Å². The lowest BCUT2D eigenvalue weighted by Crippen LogP contribution is -2.49. The van der Waals surface area contributed by atoms with Crippen molar-refractivity contribution in [3.63, 3.8) is 0 Å². The van der Waals surface area contributed by atoms with Crippen LogP contribution in [0.15, 0.2) is 61.1 Å². The predicted octanol–water partition coefficient (Wildman–Crippen LogP) is 4.79. The minimum atomic E-state index is 0.129. The maximum absolute atomic E-state index is 13.8. The number of pyridine rings is 1.